The maximum Gasteiger partial charge on any atom is 0.328 e. The Bertz CT molecular complexity index is 783. The lowest BCUT2D eigenvalue weighted by Gasteiger charge is -2.18. The molecule has 2 rings (SSSR count). The summed E-state index contributed by atoms with van der Waals surface area (Å²) in [6.45, 7) is 3.33. The van der Waals surface area contributed by atoms with Crippen molar-refractivity contribution in [2.24, 2.45) is 5.92 Å². The molecule has 0 fully saturated rings. The van der Waals surface area contributed by atoms with Crippen molar-refractivity contribution in [2.45, 2.75) is 39.2 Å². The molecule has 10 nitrogen and oxygen atoms in total. The van der Waals surface area contributed by atoms with Gasteiger partial charge in [0.25, 0.3) is 5.91 Å². The van der Waals surface area contributed by atoms with E-state index in [-0.39, 0.29) is 30.5 Å². The lowest BCUT2D eigenvalue weighted by molar-refractivity contribution is -0.150. The van der Waals surface area contributed by atoms with Gasteiger partial charge in [0, 0.05) is 6.42 Å². The van der Waals surface area contributed by atoms with Crippen LogP contribution >= 0.6 is 0 Å². The van der Waals surface area contributed by atoms with Gasteiger partial charge >= 0.3 is 11.9 Å². The predicted octanol–water partition coefficient (Wildman–Crippen LogP) is 1.51. The van der Waals surface area contributed by atoms with Crippen molar-refractivity contribution in [3.8, 4) is 11.6 Å². The number of nitrogens with one attached hydrogen (secondary N) is 1. The molecule has 2 aromatic rings. The summed E-state index contributed by atoms with van der Waals surface area (Å²) >= 11 is 0. The zero-order chi connectivity index (χ0) is 20.5. The second-order valence-corrected chi connectivity index (χ2v) is 6.42. The molecule has 1 unspecified atom stereocenters. The summed E-state index contributed by atoms with van der Waals surface area (Å²) < 4.78 is 19.8. The maximum absolute atomic E-state index is 11.9. The van der Waals surface area contributed by atoms with E-state index in [1.165, 1.54) is 13.4 Å². The van der Waals surface area contributed by atoms with E-state index < -0.39 is 30.5 Å². The number of esters is 2. The Labute approximate surface area is 161 Å². The minimum atomic E-state index is -0.783. The van der Waals surface area contributed by atoms with Crippen LogP contribution in [0.15, 0.2) is 27.3 Å². The molecule has 0 saturated heterocycles. The van der Waals surface area contributed by atoms with Gasteiger partial charge in [-0.15, -0.1) is 0 Å². The lowest BCUT2D eigenvalue weighted by Crippen LogP contribution is -2.44. The van der Waals surface area contributed by atoms with Crippen LogP contribution in [-0.4, -0.2) is 47.7 Å². The van der Waals surface area contributed by atoms with Crippen molar-refractivity contribution in [3.05, 3.63) is 24.3 Å². The number of hydrogen-bond acceptors (Lipinski definition) is 9. The standard InChI is InChI=1S/C18H23N3O7/c1-11(2)9-12(18(24)25-3)19-14(22)10-27-16(23)7-6-15-20-17(21-28-15)13-5-4-8-26-13/h4-5,8,11-12H,6-7,9-10H2,1-3H3,(H,19,22). The van der Waals surface area contributed by atoms with Crippen LogP contribution in [-0.2, 0) is 30.3 Å². The lowest BCUT2D eigenvalue weighted by atomic mass is 10.0. The van der Waals surface area contributed by atoms with Crippen molar-refractivity contribution in [1.82, 2.24) is 15.5 Å². The Hall–Kier alpha value is -3.17. The fourth-order valence-electron chi connectivity index (χ4n) is 2.35. The fraction of sp³-hybridized carbons (Fsp3) is 0.500. The van der Waals surface area contributed by atoms with Crippen LogP contribution in [0, 0.1) is 5.92 Å². The van der Waals surface area contributed by atoms with Crippen LogP contribution in [0.4, 0.5) is 0 Å². The largest absolute Gasteiger partial charge is 0.467 e. The second-order valence-electron chi connectivity index (χ2n) is 6.42. The molecule has 1 amide bonds. The van der Waals surface area contributed by atoms with Crippen LogP contribution in [0.1, 0.15) is 32.6 Å². The van der Waals surface area contributed by atoms with E-state index in [1.807, 2.05) is 13.8 Å². The Morgan fingerprint density at radius 3 is 2.71 bits per heavy atom. The molecule has 10 heteroatoms. The SMILES string of the molecule is COC(=O)C(CC(C)C)NC(=O)COC(=O)CCc1nc(-c2ccco2)no1. The molecular formula is C18H23N3O7. The van der Waals surface area contributed by atoms with Crippen LogP contribution in [0.2, 0.25) is 0 Å². The summed E-state index contributed by atoms with van der Waals surface area (Å²) in [5.41, 5.74) is 0. The molecule has 1 N–H and O–H groups in total. The van der Waals surface area contributed by atoms with Gasteiger partial charge in [-0.05, 0) is 24.5 Å². The fourth-order valence-corrected chi connectivity index (χ4v) is 2.35. The summed E-state index contributed by atoms with van der Waals surface area (Å²) in [4.78, 5) is 39.5. The molecule has 2 heterocycles. The van der Waals surface area contributed by atoms with E-state index in [4.69, 9.17) is 13.7 Å². The first-order chi connectivity index (χ1) is 13.4. The van der Waals surface area contributed by atoms with Gasteiger partial charge in [0.2, 0.25) is 11.7 Å². The summed E-state index contributed by atoms with van der Waals surface area (Å²) in [5.74, 6) is -0.573. The van der Waals surface area contributed by atoms with Crippen LogP contribution < -0.4 is 5.32 Å². The van der Waals surface area contributed by atoms with Crippen molar-refractivity contribution in [1.29, 1.82) is 0 Å². The number of carbonyl (C=O) groups is 3. The molecule has 0 bridgehead atoms. The van der Waals surface area contributed by atoms with Crippen LogP contribution in [0.3, 0.4) is 0 Å². The normalized spacial score (nSPS) is 11.9. The number of nitrogens with zero attached hydrogens (tertiary/aromatic N) is 2. The molecule has 28 heavy (non-hydrogen) atoms. The van der Waals surface area contributed by atoms with Gasteiger partial charge in [0.1, 0.15) is 6.04 Å². The third kappa shape index (κ3) is 6.53. The average Bonchev–Trinajstić information content (AvgIpc) is 3.34. The van der Waals surface area contributed by atoms with Gasteiger partial charge in [0.05, 0.1) is 19.8 Å². The van der Waals surface area contributed by atoms with Gasteiger partial charge in [0.15, 0.2) is 12.4 Å². The van der Waals surface area contributed by atoms with E-state index in [2.05, 4.69) is 20.2 Å². The molecule has 2 aromatic heterocycles. The highest BCUT2D eigenvalue weighted by Crippen LogP contribution is 2.16. The third-order valence-electron chi connectivity index (χ3n) is 3.64. The van der Waals surface area contributed by atoms with E-state index in [0.29, 0.717) is 12.2 Å². The Morgan fingerprint density at radius 2 is 2.07 bits per heavy atom. The quantitative estimate of drug-likeness (QED) is 0.596. The van der Waals surface area contributed by atoms with E-state index >= 15 is 0 Å². The first kappa shape index (κ1) is 21.1. The van der Waals surface area contributed by atoms with E-state index in [1.54, 1.807) is 12.1 Å². The predicted molar refractivity (Wildman–Crippen MR) is 94.7 cm³/mol. The Morgan fingerprint density at radius 1 is 1.29 bits per heavy atom. The molecule has 0 radical (unpaired) electrons. The average molecular weight is 393 g/mol. The minimum absolute atomic E-state index is 0.0422. The van der Waals surface area contributed by atoms with Gasteiger partial charge in [-0.2, -0.15) is 4.98 Å². The number of rotatable bonds is 10. The third-order valence-corrected chi connectivity index (χ3v) is 3.64. The molecule has 0 aromatic carbocycles. The number of furan rings is 1. The van der Waals surface area contributed by atoms with Gasteiger partial charge in [-0.3, -0.25) is 9.59 Å². The first-order valence-electron chi connectivity index (χ1n) is 8.78. The summed E-state index contributed by atoms with van der Waals surface area (Å²) in [7, 11) is 1.25. The van der Waals surface area contributed by atoms with E-state index in [0.717, 1.165) is 0 Å². The van der Waals surface area contributed by atoms with Crippen molar-refractivity contribution >= 4 is 17.8 Å². The highest BCUT2D eigenvalue weighted by Gasteiger charge is 2.23. The molecule has 0 aliphatic rings. The number of hydrogen-bond donors (Lipinski definition) is 1. The highest BCUT2D eigenvalue weighted by atomic mass is 16.5. The molecule has 0 saturated carbocycles. The van der Waals surface area contributed by atoms with Crippen LogP contribution in [0.25, 0.3) is 11.6 Å². The smallest absolute Gasteiger partial charge is 0.328 e. The number of ether oxygens (including phenoxy) is 2. The van der Waals surface area contributed by atoms with Gasteiger partial charge in [-0.1, -0.05) is 19.0 Å². The summed E-state index contributed by atoms with van der Waals surface area (Å²) in [6.07, 6.45) is 2.02. The zero-order valence-electron chi connectivity index (χ0n) is 16.0. The second kappa shape index (κ2) is 10.2. The van der Waals surface area contributed by atoms with Crippen LogP contribution in [0.5, 0.6) is 0 Å². The molecule has 0 spiro atoms. The van der Waals surface area contributed by atoms with Gasteiger partial charge < -0.3 is 23.7 Å². The van der Waals surface area contributed by atoms with Crippen molar-refractivity contribution in [2.75, 3.05) is 13.7 Å². The molecule has 152 valence electrons. The first-order valence-corrected chi connectivity index (χ1v) is 8.78. The summed E-state index contributed by atoms with van der Waals surface area (Å²) in [6, 6.07) is 2.59. The topological polar surface area (TPSA) is 134 Å². The molecule has 0 aliphatic heterocycles. The molecule has 1 atom stereocenters. The number of aromatic nitrogens is 2. The number of methoxy groups -OCH3 is 1. The van der Waals surface area contributed by atoms with Crippen molar-refractivity contribution < 1.29 is 32.8 Å². The molecule has 0 aliphatic carbocycles. The minimum Gasteiger partial charge on any atom is -0.467 e. The summed E-state index contributed by atoms with van der Waals surface area (Å²) in [5, 5.41) is 6.26. The monoisotopic (exact) mass is 393 g/mol. The highest BCUT2D eigenvalue weighted by molar-refractivity contribution is 5.86. The van der Waals surface area contributed by atoms with E-state index in [9.17, 15) is 14.4 Å². The van der Waals surface area contributed by atoms with Gasteiger partial charge in [-0.25, -0.2) is 4.79 Å². The Kier molecular flexibility index (Phi) is 7.73. The zero-order valence-corrected chi connectivity index (χ0v) is 16.0. The van der Waals surface area contributed by atoms with Crippen molar-refractivity contribution in [3.63, 3.8) is 0 Å². The Balaban J connectivity index is 1.74. The number of carbonyl (C=O) groups excluding carboxylic acids is 3. The number of aryl methyl sites for hydroxylation is 1. The maximum atomic E-state index is 11.9. The molecular weight excluding hydrogens is 370 g/mol. The number of amides is 1.